The van der Waals surface area contributed by atoms with Crippen LogP contribution in [0, 0.1) is 18.6 Å². The number of nitrogens with zero attached hydrogens (tertiary/aromatic N) is 2. The maximum Gasteiger partial charge on any atom is 0.227 e. The van der Waals surface area contributed by atoms with Crippen molar-refractivity contribution in [2.75, 3.05) is 6.54 Å². The van der Waals surface area contributed by atoms with Gasteiger partial charge in [0.25, 0.3) is 0 Å². The van der Waals surface area contributed by atoms with Crippen molar-refractivity contribution >= 4 is 11.6 Å². The number of benzene rings is 3. The fourth-order valence-corrected chi connectivity index (χ4v) is 3.68. The summed E-state index contributed by atoms with van der Waals surface area (Å²) in [5.74, 6) is -1.48. The third kappa shape index (κ3) is 5.38. The van der Waals surface area contributed by atoms with E-state index in [0.29, 0.717) is 6.42 Å². The Balaban J connectivity index is 1.48. The molecule has 1 aliphatic heterocycles. The molecule has 0 aliphatic carbocycles. The summed E-state index contributed by atoms with van der Waals surface area (Å²) in [5.41, 5.74) is 4.07. The van der Waals surface area contributed by atoms with Crippen LogP contribution in [0.15, 0.2) is 78.0 Å². The summed E-state index contributed by atoms with van der Waals surface area (Å²) < 4.78 is 27.6. The first-order valence-corrected chi connectivity index (χ1v) is 10.5. The smallest absolute Gasteiger partial charge is 0.227 e. The number of halogens is 2. The van der Waals surface area contributed by atoms with E-state index in [9.17, 15) is 13.6 Å². The number of carbonyl (C=O) groups is 1. The molecule has 1 atom stereocenters. The number of hydrogen-bond donors (Lipinski definition) is 0. The second-order valence-electron chi connectivity index (χ2n) is 8.01. The van der Waals surface area contributed by atoms with Gasteiger partial charge in [0, 0.05) is 24.6 Å². The van der Waals surface area contributed by atoms with E-state index in [1.54, 1.807) is 4.90 Å². The molecule has 0 N–H and O–H groups in total. The third-order valence-electron chi connectivity index (χ3n) is 5.47. The molecule has 0 fully saturated rings. The minimum absolute atomic E-state index is 0.0253. The molecule has 0 aromatic heterocycles. The van der Waals surface area contributed by atoms with Gasteiger partial charge in [-0.3, -0.25) is 4.79 Å². The van der Waals surface area contributed by atoms with Crippen molar-refractivity contribution < 1.29 is 18.4 Å². The van der Waals surface area contributed by atoms with Crippen LogP contribution in [-0.4, -0.2) is 29.2 Å². The molecule has 0 radical (unpaired) electrons. The Morgan fingerprint density at radius 1 is 1.06 bits per heavy atom. The van der Waals surface area contributed by atoms with Crippen molar-refractivity contribution in [2.45, 2.75) is 32.4 Å². The van der Waals surface area contributed by atoms with Crippen LogP contribution in [0.4, 0.5) is 8.78 Å². The number of amides is 1. The molecule has 32 heavy (non-hydrogen) atoms. The average Bonchev–Trinajstić information content (AvgIpc) is 3.25. The molecule has 0 saturated heterocycles. The molecule has 3 aromatic rings. The van der Waals surface area contributed by atoms with Crippen molar-refractivity contribution in [3.8, 4) is 0 Å². The molecule has 6 heteroatoms. The minimum atomic E-state index is -0.675. The molecule has 4 rings (SSSR count). The van der Waals surface area contributed by atoms with Gasteiger partial charge in [0.2, 0.25) is 5.91 Å². The van der Waals surface area contributed by atoms with E-state index in [-0.39, 0.29) is 37.1 Å². The van der Waals surface area contributed by atoms with E-state index in [0.717, 1.165) is 28.5 Å². The van der Waals surface area contributed by atoms with Gasteiger partial charge in [0.15, 0.2) is 6.10 Å². The summed E-state index contributed by atoms with van der Waals surface area (Å²) in [6.07, 6.45) is 0.390. The number of carbonyl (C=O) groups excluding carboxylic acids is 1. The first kappa shape index (κ1) is 21.7. The summed E-state index contributed by atoms with van der Waals surface area (Å²) in [4.78, 5) is 20.3. The number of oxime groups is 1. The monoisotopic (exact) mass is 434 g/mol. The second kappa shape index (κ2) is 9.73. The van der Waals surface area contributed by atoms with E-state index in [2.05, 4.69) is 5.16 Å². The van der Waals surface area contributed by atoms with Crippen molar-refractivity contribution in [2.24, 2.45) is 5.16 Å². The highest BCUT2D eigenvalue weighted by Gasteiger charge is 2.27. The Bertz CT molecular complexity index is 1110. The summed E-state index contributed by atoms with van der Waals surface area (Å²) in [6, 6.07) is 20.8. The molecule has 0 spiro atoms. The van der Waals surface area contributed by atoms with E-state index in [4.69, 9.17) is 4.84 Å². The average molecular weight is 434 g/mol. The summed E-state index contributed by atoms with van der Waals surface area (Å²) in [5, 5.41) is 4.20. The summed E-state index contributed by atoms with van der Waals surface area (Å²) in [6.45, 7) is 2.29. The largest absolute Gasteiger partial charge is 0.390 e. The zero-order valence-electron chi connectivity index (χ0n) is 17.8. The van der Waals surface area contributed by atoms with Crippen LogP contribution in [0.25, 0.3) is 0 Å². The molecular weight excluding hydrogens is 410 g/mol. The van der Waals surface area contributed by atoms with Gasteiger partial charge in [-0.25, -0.2) is 8.78 Å². The molecule has 1 unspecified atom stereocenters. The Labute approximate surface area is 186 Å². The molecule has 0 saturated carbocycles. The van der Waals surface area contributed by atoms with Crippen molar-refractivity contribution in [3.63, 3.8) is 0 Å². The van der Waals surface area contributed by atoms with Gasteiger partial charge in [0.05, 0.1) is 18.7 Å². The van der Waals surface area contributed by atoms with Crippen LogP contribution in [0.1, 0.15) is 28.7 Å². The maximum atomic E-state index is 14.3. The van der Waals surface area contributed by atoms with Crippen LogP contribution in [0.3, 0.4) is 0 Å². The predicted molar refractivity (Wildman–Crippen MR) is 119 cm³/mol. The van der Waals surface area contributed by atoms with Crippen LogP contribution < -0.4 is 0 Å². The van der Waals surface area contributed by atoms with E-state index in [1.165, 1.54) is 12.1 Å². The maximum absolute atomic E-state index is 14.3. The van der Waals surface area contributed by atoms with Crippen molar-refractivity contribution in [1.29, 1.82) is 0 Å². The van der Waals surface area contributed by atoms with Gasteiger partial charge >= 0.3 is 0 Å². The zero-order chi connectivity index (χ0) is 22.5. The molecule has 3 aromatic carbocycles. The Morgan fingerprint density at radius 2 is 1.81 bits per heavy atom. The van der Waals surface area contributed by atoms with E-state index >= 15 is 0 Å². The molecule has 1 heterocycles. The van der Waals surface area contributed by atoms with Gasteiger partial charge in [0.1, 0.15) is 11.6 Å². The highest BCUT2D eigenvalue weighted by molar-refractivity contribution is 6.01. The second-order valence-corrected chi connectivity index (χ2v) is 8.01. The zero-order valence-corrected chi connectivity index (χ0v) is 17.8. The lowest BCUT2D eigenvalue weighted by atomic mass is 10.0. The van der Waals surface area contributed by atoms with E-state index in [1.807, 2.05) is 61.5 Å². The number of aryl methyl sites for hydroxylation is 1. The lowest BCUT2D eigenvalue weighted by Crippen LogP contribution is -2.38. The van der Waals surface area contributed by atoms with Crippen LogP contribution in [-0.2, 0) is 22.6 Å². The van der Waals surface area contributed by atoms with Crippen molar-refractivity contribution in [3.05, 3.63) is 107 Å². The van der Waals surface area contributed by atoms with Gasteiger partial charge in [-0.2, -0.15) is 0 Å². The fraction of sp³-hybridized carbons (Fsp3) is 0.231. The lowest BCUT2D eigenvalue weighted by molar-refractivity contribution is -0.133. The Morgan fingerprint density at radius 3 is 2.53 bits per heavy atom. The summed E-state index contributed by atoms with van der Waals surface area (Å²) >= 11 is 0. The first-order chi connectivity index (χ1) is 15.5. The van der Waals surface area contributed by atoms with Gasteiger partial charge in [-0.1, -0.05) is 71.4 Å². The quantitative estimate of drug-likeness (QED) is 0.523. The molecule has 1 amide bonds. The van der Waals surface area contributed by atoms with Gasteiger partial charge < -0.3 is 9.74 Å². The SMILES string of the molecule is Cc1ccc(C2=NOC(CN(Cc3ccc(F)cc3F)C(=O)Cc3ccccc3)C2)cc1. The normalized spacial score (nSPS) is 15.2. The lowest BCUT2D eigenvalue weighted by Gasteiger charge is -2.25. The minimum Gasteiger partial charge on any atom is -0.390 e. The molecule has 164 valence electrons. The standard InChI is InChI=1S/C26H24F2N2O2/c1-18-7-9-20(10-8-18)25-15-23(32-29-25)17-30(16-21-11-12-22(27)14-24(21)28)26(31)13-19-5-3-2-4-6-19/h2-12,14,23H,13,15-17H2,1H3. The fourth-order valence-electron chi connectivity index (χ4n) is 3.68. The van der Waals surface area contributed by atoms with Crippen LogP contribution >= 0.6 is 0 Å². The number of rotatable bonds is 7. The van der Waals surface area contributed by atoms with E-state index < -0.39 is 11.6 Å². The Kier molecular flexibility index (Phi) is 6.59. The highest BCUT2D eigenvalue weighted by Crippen LogP contribution is 2.20. The third-order valence-corrected chi connectivity index (χ3v) is 5.47. The topological polar surface area (TPSA) is 41.9 Å². The highest BCUT2D eigenvalue weighted by atomic mass is 19.1. The molecule has 1 aliphatic rings. The Hall–Kier alpha value is -3.54. The summed E-state index contributed by atoms with van der Waals surface area (Å²) in [7, 11) is 0. The first-order valence-electron chi connectivity index (χ1n) is 10.5. The number of hydrogen-bond acceptors (Lipinski definition) is 3. The molecule has 4 nitrogen and oxygen atoms in total. The molecule has 0 bridgehead atoms. The van der Waals surface area contributed by atoms with Crippen molar-refractivity contribution in [1.82, 2.24) is 4.90 Å². The van der Waals surface area contributed by atoms with Gasteiger partial charge in [-0.05, 0) is 24.1 Å². The van der Waals surface area contributed by atoms with Crippen LogP contribution in [0.5, 0.6) is 0 Å². The van der Waals surface area contributed by atoms with Gasteiger partial charge in [-0.15, -0.1) is 0 Å². The predicted octanol–water partition coefficient (Wildman–Crippen LogP) is 5.04. The van der Waals surface area contributed by atoms with Crippen LogP contribution in [0.2, 0.25) is 0 Å². The molecular formula is C26H24F2N2O2.